The van der Waals surface area contributed by atoms with Crippen LogP contribution in [-0.4, -0.2) is 5.71 Å². The molecule has 1 heteroatoms. The molecule has 1 aromatic rings. The predicted molar refractivity (Wildman–Crippen MR) is 77.5 cm³/mol. The molecule has 0 unspecified atom stereocenters. The van der Waals surface area contributed by atoms with E-state index in [1.807, 2.05) is 13.8 Å². The van der Waals surface area contributed by atoms with Gasteiger partial charge in [0.1, 0.15) is 0 Å². The van der Waals surface area contributed by atoms with E-state index in [0.29, 0.717) is 0 Å². The molecule has 92 valence electrons. The smallest absolute Gasteiger partial charge is 0.0665 e. The average molecular weight is 229 g/mol. The van der Waals surface area contributed by atoms with E-state index in [2.05, 4.69) is 57.5 Å². The van der Waals surface area contributed by atoms with E-state index in [1.54, 1.807) is 0 Å². The van der Waals surface area contributed by atoms with Crippen LogP contribution in [0, 0.1) is 6.92 Å². The molecule has 0 saturated heterocycles. The molecule has 0 fully saturated rings. The molecule has 0 radical (unpaired) electrons. The van der Waals surface area contributed by atoms with Crippen molar-refractivity contribution in [2.45, 2.75) is 47.0 Å². The monoisotopic (exact) mass is 229 g/mol. The zero-order valence-corrected chi connectivity index (χ0v) is 11.9. The summed E-state index contributed by atoms with van der Waals surface area (Å²) >= 11 is 0. The molecule has 0 heterocycles. The Balaban J connectivity index is 3.25. The van der Waals surface area contributed by atoms with Crippen molar-refractivity contribution in [2.24, 2.45) is 4.99 Å². The fraction of sp³-hybridized carbons (Fsp3) is 0.438. The van der Waals surface area contributed by atoms with Crippen molar-refractivity contribution in [3.63, 3.8) is 0 Å². The maximum Gasteiger partial charge on any atom is 0.0665 e. The van der Waals surface area contributed by atoms with Crippen LogP contribution >= 0.6 is 0 Å². The van der Waals surface area contributed by atoms with Crippen LogP contribution in [0.1, 0.15) is 45.7 Å². The number of allylic oxidation sites excluding steroid dienone is 1. The molecule has 1 rings (SSSR count). The van der Waals surface area contributed by atoms with E-state index < -0.39 is 0 Å². The lowest BCUT2D eigenvalue weighted by Gasteiger charge is -2.20. The van der Waals surface area contributed by atoms with Gasteiger partial charge in [0.25, 0.3) is 0 Å². The van der Waals surface area contributed by atoms with Crippen LogP contribution < -0.4 is 0 Å². The van der Waals surface area contributed by atoms with Gasteiger partial charge in [-0.15, -0.1) is 0 Å². The number of rotatable bonds is 2. The zero-order chi connectivity index (χ0) is 13.2. The van der Waals surface area contributed by atoms with Crippen molar-refractivity contribution >= 4 is 11.4 Å². The molecule has 0 amide bonds. The van der Waals surface area contributed by atoms with Gasteiger partial charge in [-0.2, -0.15) is 0 Å². The minimum atomic E-state index is 0.162. The summed E-state index contributed by atoms with van der Waals surface area (Å²) in [6, 6.07) is 6.51. The summed E-state index contributed by atoms with van der Waals surface area (Å²) in [6.07, 6.45) is 0. The van der Waals surface area contributed by atoms with E-state index >= 15 is 0 Å². The predicted octanol–water partition coefficient (Wildman–Crippen LogP) is 4.96. The minimum absolute atomic E-state index is 0.162. The number of aliphatic imine (C=N–C) groups is 1. The summed E-state index contributed by atoms with van der Waals surface area (Å²) < 4.78 is 0. The third-order valence-corrected chi connectivity index (χ3v) is 2.98. The van der Waals surface area contributed by atoms with Gasteiger partial charge < -0.3 is 0 Å². The highest BCUT2D eigenvalue weighted by molar-refractivity contribution is 5.98. The summed E-state index contributed by atoms with van der Waals surface area (Å²) in [5, 5.41) is 0. The molecule has 1 nitrogen and oxygen atoms in total. The van der Waals surface area contributed by atoms with Crippen molar-refractivity contribution in [3.8, 4) is 0 Å². The van der Waals surface area contributed by atoms with Gasteiger partial charge in [-0.25, -0.2) is 0 Å². The second-order valence-corrected chi connectivity index (χ2v) is 5.73. The van der Waals surface area contributed by atoms with Crippen molar-refractivity contribution in [1.29, 1.82) is 0 Å². The lowest BCUT2D eigenvalue weighted by atomic mass is 9.86. The Kier molecular flexibility index (Phi) is 3.92. The number of hydrogen-bond acceptors (Lipinski definition) is 1. The van der Waals surface area contributed by atoms with Crippen LogP contribution in [0.3, 0.4) is 0 Å². The molecule has 0 aliphatic rings. The summed E-state index contributed by atoms with van der Waals surface area (Å²) in [5.74, 6) is 0. The molecule has 0 aliphatic heterocycles. The first-order valence-electron chi connectivity index (χ1n) is 6.04. The maximum absolute atomic E-state index is 4.65. The standard InChI is InChI=1S/C16H23N/c1-11(2)13(4)17-15-10-14(16(5,6)7)9-8-12(15)3/h8-10H,1H2,2-7H3/b17-13-. The summed E-state index contributed by atoms with van der Waals surface area (Å²) in [7, 11) is 0. The van der Waals surface area contributed by atoms with Crippen LogP contribution in [0.4, 0.5) is 5.69 Å². The lowest BCUT2D eigenvalue weighted by Crippen LogP contribution is -2.10. The Morgan fingerprint density at radius 2 is 1.76 bits per heavy atom. The quantitative estimate of drug-likeness (QED) is 0.635. The van der Waals surface area contributed by atoms with E-state index in [9.17, 15) is 0 Å². The van der Waals surface area contributed by atoms with Gasteiger partial charge >= 0.3 is 0 Å². The Bertz CT molecular complexity index is 459. The van der Waals surface area contributed by atoms with Crippen molar-refractivity contribution in [2.75, 3.05) is 0 Å². The molecule has 1 aromatic carbocycles. The molecule has 0 bridgehead atoms. The summed E-state index contributed by atoms with van der Waals surface area (Å²) in [5.41, 5.74) is 5.76. The van der Waals surface area contributed by atoms with E-state index in [-0.39, 0.29) is 5.41 Å². The maximum atomic E-state index is 4.65. The first kappa shape index (κ1) is 13.7. The molecule has 0 aromatic heterocycles. The average Bonchev–Trinajstić information content (AvgIpc) is 2.19. The van der Waals surface area contributed by atoms with Gasteiger partial charge in [-0.05, 0) is 49.0 Å². The van der Waals surface area contributed by atoms with Crippen molar-refractivity contribution in [3.05, 3.63) is 41.5 Å². The second-order valence-electron chi connectivity index (χ2n) is 5.73. The second kappa shape index (κ2) is 4.87. The van der Waals surface area contributed by atoms with E-state index in [0.717, 1.165) is 17.0 Å². The fourth-order valence-corrected chi connectivity index (χ4v) is 1.47. The van der Waals surface area contributed by atoms with Gasteiger partial charge in [-0.1, -0.05) is 39.5 Å². The van der Waals surface area contributed by atoms with Crippen LogP contribution in [-0.2, 0) is 5.41 Å². The van der Waals surface area contributed by atoms with Gasteiger partial charge in [0.15, 0.2) is 0 Å². The number of benzene rings is 1. The van der Waals surface area contributed by atoms with Crippen LogP contribution in [0.2, 0.25) is 0 Å². The highest BCUT2D eigenvalue weighted by Crippen LogP contribution is 2.28. The van der Waals surface area contributed by atoms with Crippen molar-refractivity contribution in [1.82, 2.24) is 0 Å². The van der Waals surface area contributed by atoms with E-state index in [1.165, 1.54) is 11.1 Å². The summed E-state index contributed by atoms with van der Waals surface area (Å²) in [6.45, 7) is 16.7. The Labute approximate surface area is 105 Å². The number of aryl methyl sites for hydroxylation is 1. The lowest BCUT2D eigenvalue weighted by molar-refractivity contribution is 0.590. The molecular formula is C16H23N. The minimum Gasteiger partial charge on any atom is -0.253 e. The summed E-state index contributed by atoms with van der Waals surface area (Å²) in [4.78, 5) is 4.65. The molecule has 0 atom stereocenters. The van der Waals surface area contributed by atoms with E-state index in [4.69, 9.17) is 0 Å². The molecule has 17 heavy (non-hydrogen) atoms. The number of hydrogen-bond donors (Lipinski definition) is 0. The highest BCUT2D eigenvalue weighted by Gasteiger charge is 2.14. The highest BCUT2D eigenvalue weighted by atomic mass is 14.7. The topological polar surface area (TPSA) is 12.4 Å². The zero-order valence-electron chi connectivity index (χ0n) is 11.9. The molecular weight excluding hydrogens is 206 g/mol. The normalized spacial score (nSPS) is 12.7. The van der Waals surface area contributed by atoms with Gasteiger partial charge in [0.2, 0.25) is 0 Å². The Morgan fingerprint density at radius 3 is 2.24 bits per heavy atom. The van der Waals surface area contributed by atoms with Gasteiger partial charge in [-0.3, -0.25) is 4.99 Å². The third kappa shape index (κ3) is 3.55. The molecule has 0 saturated carbocycles. The first-order chi connectivity index (χ1) is 7.71. The van der Waals surface area contributed by atoms with Crippen molar-refractivity contribution < 1.29 is 0 Å². The first-order valence-corrected chi connectivity index (χ1v) is 6.04. The Morgan fingerprint density at radius 1 is 1.18 bits per heavy atom. The van der Waals surface area contributed by atoms with Crippen LogP contribution in [0.15, 0.2) is 35.3 Å². The molecule has 0 aliphatic carbocycles. The van der Waals surface area contributed by atoms with Gasteiger partial charge in [0.05, 0.1) is 5.69 Å². The number of nitrogens with zero attached hydrogens (tertiary/aromatic N) is 1. The largest absolute Gasteiger partial charge is 0.253 e. The van der Waals surface area contributed by atoms with Gasteiger partial charge in [0, 0.05) is 5.71 Å². The molecule has 0 N–H and O–H groups in total. The molecule has 0 spiro atoms. The SMILES string of the molecule is C=C(C)/C(C)=N\c1cc(C(C)(C)C)ccc1C. The fourth-order valence-electron chi connectivity index (χ4n) is 1.47. The van der Waals surface area contributed by atoms with Crippen LogP contribution in [0.5, 0.6) is 0 Å². The van der Waals surface area contributed by atoms with Crippen LogP contribution in [0.25, 0.3) is 0 Å². The Hall–Kier alpha value is -1.37. The third-order valence-electron chi connectivity index (χ3n) is 2.98.